The Hall–Kier alpha value is -0.980. The number of rotatable bonds is 4. The molecule has 0 spiro atoms. The number of nitrogens with one attached hydrogen (secondary N) is 1. The second-order valence-electron chi connectivity index (χ2n) is 4.54. The third kappa shape index (κ3) is 2.28. The monoisotopic (exact) mass is 284 g/mol. The number of aromatic amines is 1. The van der Waals surface area contributed by atoms with E-state index in [1.807, 2.05) is 11.4 Å². The molecular formula is C12H16N2O2S2. The average molecular weight is 284 g/mol. The highest BCUT2D eigenvalue weighted by Gasteiger charge is 2.19. The van der Waals surface area contributed by atoms with Crippen LogP contribution in [0.25, 0.3) is 10.2 Å². The number of hydrogen-bond acceptors (Lipinski definition) is 4. The quantitative estimate of drug-likeness (QED) is 0.878. The van der Waals surface area contributed by atoms with Crippen LogP contribution in [0.5, 0.6) is 0 Å². The lowest BCUT2D eigenvalue weighted by Crippen LogP contribution is -2.31. The van der Waals surface area contributed by atoms with Gasteiger partial charge in [0, 0.05) is 7.11 Å². The van der Waals surface area contributed by atoms with Gasteiger partial charge in [-0.05, 0) is 29.6 Å². The van der Waals surface area contributed by atoms with Crippen molar-refractivity contribution in [2.45, 2.75) is 19.9 Å². The number of thiophene rings is 1. The summed E-state index contributed by atoms with van der Waals surface area (Å²) in [6.45, 7) is 4.59. The normalized spacial score (nSPS) is 13.3. The highest BCUT2D eigenvalue weighted by Crippen LogP contribution is 2.20. The molecule has 2 aromatic rings. The summed E-state index contributed by atoms with van der Waals surface area (Å²) in [7, 11) is 1.64. The molecule has 0 fully saturated rings. The van der Waals surface area contributed by atoms with Gasteiger partial charge in [0.25, 0.3) is 5.56 Å². The molecule has 2 aromatic heterocycles. The molecular weight excluding hydrogens is 268 g/mol. The van der Waals surface area contributed by atoms with Crippen LogP contribution >= 0.6 is 23.6 Å². The zero-order valence-electron chi connectivity index (χ0n) is 10.6. The van der Waals surface area contributed by atoms with Crippen molar-refractivity contribution < 1.29 is 4.74 Å². The molecule has 0 bridgehead atoms. The van der Waals surface area contributed by atoms with E-state index < -0.39 is 0 Å². The summed E-state index contributed by atoms with van der Waals surface area (Å²) < 4.78 is 7.31. The van der Waals surface area contributed by atoms with Crippen LogP contribution in [0.2, 0.25) is 0 Å². The molecule has 2 rings (SSSR count). The number of H-pyrrole nitrogens is 1. The Morgan fingerprint density at radius 2 is 2.28 bits per heavy atom. The first-order valence-corrected chi connectivity index (χ1v) is 7.06. The van der Waals surface area contributed by atoms with E-state index in [-0.39, 0.29) is 17.5 Å². The van der Waals surface area contributed by atoms with E-state index in [9.17, 15) is 4.79 Å². The highest BCUT2D eigenvalue weighted by atomic mass is 32.1. The minimum Gasteiger partial charge on any atom is -0.383 e. The summed E-state index contributed by atoms with van der Waals surface area (Å²) in [5.74, 6) is 0.272. The predicted molar refractivity (Wildman–Crippen MR) is 77.0 cm³/mol. The Morgan fingerprint density at radius 1 is 1.56 bits per heavy atom. The molecule has 0 saturated heterocycles. The van der Waals surface area contributed by atoms with E-state index in [1.54, 1.807) is 11.7 Å². The van der Waals surface area contributed by atoms with E-state index >= 15 is 0 Å². The smallest absolute Gasteiger partial charge is 0.263 e. The SMILES string of the molecule is COCC(C(C)C)n1c(=S)[nH]c2sccc2c1=O. The van der Waals surface area contributed by atoms with Gasteiger partial charge in [-0.15, -0.1) is 11.3 Å². The Labute approximate surface area is 114 Å². The summed E-state index contributed by atoms with van der Waals surface area (Å²) in [4.78, 5) is 16.4. The number of nitrogens with zero attached hydrogens (tertiary/aromatic N) is 1. The fourth-order valence-corrected chi connectivity index (χ4v) is 3.15. The maximum Gasteiger partial charge on any atom is 0.263 e. The van der Waals surface area contributed by atoms with Crippen LogP contribution in [-0.2, 0) is 4.74 Å². The molecule has 2 heterocycles. The predicted octanol–water partition coefficient (Wildman–Crippen LogP) is 2.96. The van der Waals surface area contributed by atoms with Crippen LogP contribution in [-0.4, -0.2) is 23.3 Å². The van der Waals surface area contributed by atoms with Gasteiger partial charge >= 0.3 is 0 Å². The maximum absolute atomic E-state index is 12.5. The minimum absolute atomic E-state index is 0.0363. The lowest BCUT2D eigenvalue weighted by atomic mass is 10.1. The van der Waals surface area contributed by atoms with Crippen LogP contribution in [0.15, 0.2) is 16.2 Å². The van der Waals surface area contributed by atoms with Gasteiger partial charge in [-0.25, -0.2) is 0 Å². The molecule has 0 aliphatic carbocycles. The van der Waals surface area contributed by atoms with E-state index in [0.717, 1.165) is 4.83 Å². The molecule has 6 heteroatoms. The molecule has 98 valence electrons. The molecule has 0 radical (unpaired) electrons. The van der Waals surface area contributed by atoms with Crippen molar-refractivity contribution in [3.05, 3.63) is 26.6 Å². The molecule has 1 unspecified atom stereocenters. The molecule has 4 nitrogen and oxygen atoms in total. The van der Waals surface area contributed by atoms with E-state index in [1.165, 1.54) is 11.3 Å². The molecule has 0 saturated carbocycles. The van der Waals surface area contributed by atoms with Crippen LogP contribution < -0.4 is 5.56 Å². The first-order valence-electron chi connectivity index (χ1n) is 5.77. The van der Waals surface area contributed by atoms with Crippen molar-refractivity contribution in [2.24, 2.45) is 5.92 Å². The summed E-state index contributed by atoms with van der Waals surface area (Å²) in [6.07, 6.45) is 0. The summed E-state index contributed by atoms with van der Waals surface area (Å²) >= 11 is 6.79. The highest BCUT2D eigenvalue weighted by molar-refractivity contribution is 7.71. The minimum atomic E-state index is -0.0458. The lowest BCUT2D eigenvalue weighted by molar-refractivity contribution is 0.130. The fraction of sp³-hybridized carbons (Fsp3) is 0.500. The van der Waals surface area contributed by atoms with Crippen molar-refractivity contribution in [1.82, 2.24) is 9.55 Å². The Balaban J connectivity index is 2.68. The van der Waals surface area contributed by atoms with E-state index in [4.69, 9.17) is 17.0 Å². The largest absolute Gasteiger partial charge is 0.383 e. The summed E-state index contributed by atoms with van der Waals surface area (Å²) in [5, 5.41) is 2.58. The van der Waals surface area contributed by atoms with E-state index in [2.05, 4.69) is 18.8 Å². The van der Waals surface area contributed by atoms with Crippen LogP contribution in [0, 0.1) is 10.7 Å². The van der Waals surface area contributed by atoms with Crippen LogP contribution in [0.4, 0.5) is 0 Å². The third-order valence-electron chi connectivity index (χ3n) is 2.99. The maximum atomic E-state index is 12.5. The van der Waals surface area contributed by atoms with Gasteiger partial charge in [-0.3, -0.25) is 9.36 Å². The topological polar surface area (TPSA) is 47.0 Å². The first-order chi connectivity index (χ1) is 8.56. The van der Waals surface area contributed by atoms with Gasteiger partial charge in [-0.1, -0.05) is 13.8 Å². The van der Waals surface area contributed by atoms with Crippen molar-refractivity contribution in [2.75, 3.05) is 13.7 Å². The second kappa shape index (κ2) is 5.34. The Morgan fingerprint density at radius 3 is 2.89 bits per heavy atom. The number of hydrogen-bond donors (Lipinski definition) is 1. The van der Waals surface area contributed by atoms with Crippen LogP contribution in [0.1, 0.15) is 19.9 Å². The lowest BCUT2D eigenvalue weighted by Gasteiger charge is -2.22. The second-order valence-corrected chi connectivity index (χ2v) is 5.84. The number of methoxy groups -OCH3 is 1. The van der Waals surface area contributed by atoms with Crippen molar-refractivity contribution in [1.29, 1.82) is 0 Å². The molecule has 0 aromatic carbocycles. The van der Waals surface area contributed by atoms with Gasteiger partial charge in [-0.2, -0.15) is 0 Å². The van der Waals surface area contributed by atoms with Crippen molar-refractivity contribution in [3.63, 3.8) is 0 Å². The van der Waals surface area contributed by atoms with Gasteiger partial charge < -0.3 is 9.72 Å². The average Bonchev–Trinajstić information content (AvgIpc) is 2.75. The zero-order valence-corrected chi connectivity index (χ0v) is 12.2. The number of ether oxygens (including phenoxy) is 1. The van der Waals surface area contributed by atoms with E-state index in [0.29, 0.717) is 16.8 Å². The number of fused-ring (bicyclic) bond motifs is 1. The third-order valence-corrected chi connectivity index (χ3v) is 4.12. The zero-order chi connectivity index (χ0) is 13.3. The van der Waals surface area contributed by atoms with Gasteiger partial charge in [0.05, 0.1) is 18.0 Å². The molecule has 0 aliphatic rings. The molecule has 18 heavy (non-hydrogen) atoms. The summed E-state index contributed by atoms with van der Waals surface area (Å²) in [6, 6.07) is 1.78. The molecule has 1 atom stereocenters. The number of aromatic nitrogens is 2. The molecule has 1 N–H and O–H groups in total. The standard InChI is InChI=1S/C12H16N2O2S2/c1-7(2)9(6-16-3)14-11(15)8-4-5-18-10(8)13-12(14)17/h4-5,7,9H,6H2,1-3H3,(H,13,17). The Kier molecular flexibility index (Phi) is 3.99. The van der Waals surface area contributed by atoms with Crippen LogP contribution in [0.3, 0.4) is 0 Å². The molecule has 0 amide bonds. The fourth-order valence-electron chi connectivity index (χ4n) is 1.99. The van der Waals surface area contributed by atoms with Crippen molar-refractivity contribution >= 4 is 33.8 Å². The Bertz CT molecular complexity index is 654. The van der Waals surface area contributed by atoms with Gasteiger partial charge in [0.15, 0.2) is 4.77 Å². The van der Waals surface area contributed by atoms with Crippen molar-refractivity contribution in [3.8, 4) is 0 Å². The first kappa shape index (κ1) is 13.5. The van der Waals surface area contributed by atoms with Gasteiger partial charge in [0.1, 0.15) is 4.83 Å². The van der Waals surface area contributed by atoms with Gasteiger partial charge in [0.2, 0.25) is 0 Å². The molecule has 0 aliphatic heterocycles. The summed E-state index contributed by atoms with van der Waals surface area (Å²) in [5.41, 5.74) is -0.0363.